The largest absolute Gasteiger partial charge is 0.350 e. The van der Waals surface area contributed by atoms with Crippen LogP contribution in [-0.2, 0) is 11.3 Å². The van der Waals surface area contributed by atoms with E-state index in [1.807, 2.05) is 11.6 Å². The summed E-state index contributed by atoms with van der Waals surface area (Å²) < 4.78 is 1.98. The fraction of sp³-hybridized carbons (Fsp3) is 0.647. The van der Waals surface area contributed by atoms with E-state index >= 15 is 0 Å². The van der Waals surface area contributed by atoms with Gasteiger partial charge >= 0.3 is 0 Å². The molecule has 1 aliphatic rings. The van der Waals surface area contributed by atoms with Gasteiger partial charge in [0.25, 0.3) is 0 Å². The minimum absolute atomic E-state index is 0.149. The summed E-state index contributed by atoms with van der Waals surface area (Å²) in [6, 6.07) is 2.25. The molecule has 1 N–H and O–H groups in total. The molecule has 1 aromatic rings. The van der Waals surface area contributed by atoms with Crippen LogP contribution in [0.4, 0.5) is 0 Å². The highest BCUT2D eigenvalue weighted by Gasteiger charge is 2.13. The summed E-state index contributed by atoms with van der Waals surface area (Å²) >= 11 is 0. The first-order valence-electron chi connectivity index (χ1n) is 8.05. The van der Waals surface area contributed by atoms with Gasteiger partial charge in [0, 0.05) is 24.7 Å². The molecule has 1 atom stereocenters. The molecule has 0 bridgehead atoms. The van der Waals surface area contributed by atoms with Crippen LogP contribution >= 0.6 is 0 Å². The summed E-state index contributed by atoms with van der Waals surface area (Å²) in [5.74, 6) is 0.149. The van der Waals surface area contributed by atoms with Gasteiger partial charge in [0.15, 0.2) is 0 Å². The molecule has 0 aliphatic heterocycles. The predicted molar refractivity (Wildman–Crippen MR) is 85.1 cm³/mol. The molecule has 1 aliphatic carbocycles. The molecule has 21 heavy (non-hydrogen) atoms. The summed E-state index contributed by atoms with van der Waals surface area (Å²) in [6.07, 6.45) is 8.53. The van der Waals surface area contributed by atoms with Crippen LogP contribution < -0.4 is 5.32 Å². The van der Waals surface area contributed by atoms with Gasteiger partial charge < -0.3 is 5.32 Å². The summed E-state index contributed by atoms with van der Waals surface area (Å²) in [5.41, 5.74) is 3.59. The summed E-state index contributed by atoms with van der Waals surface area (Å²) in [4.78, 5) is 12.0. The number of hydrogen-bond acceptors (Lipinski definition) is 2. The molecule has 2 rings (SSSR count). The van der Waals surface area contributed by atoms with Crippen LogP contribution in [0.2, 0.25) is 0 Å². The van der Waals surface area contributed by atoms with Crippen molar-refractivity contribution < 1.29 is 4.79 Å². The van der Waals surface area contributed by atoms with Crippen LogP contribution in [-0.4, -0.2) is 21.7 Å². The standard InChI is InChI=1S/C17H27N3O/c1-13-12-14(2)20(19-13)11-7-10-17(21)18-15(3)16-8-5-4-6-9-16/h8,12,15H,4-7,9-11H2,1-3H3,(H,18,21). The maximum Gasteiger partial charge on any atom is 0.220 e. The Kier molecular flexibility index (Phi) is 5.59. The lowest BCUT2D eigenvalue weighted by atomic mass is 9.94. The van der Waals surface area contributed by atoms with Gasteiger partial charge in [-0.2, -0.15) is 5.10 Å². The molecular weight excluding hydrogens is 262 g/mol. The third kappa shape index (κ3) is 4.73. The second kappa shape index (κ2) is 7.43. The van der Waals surface area contributed by atoms with Gasteiger partial charge in [-0.05, 0) is 58.9 Å². The highest BCUT2D eigenvalue weighted by Crippen LogP contribution is 2.20. The molecule has 0 saturated carbocycles. The van der Waals surface area contributed by atoms with E-state index in [0.29, 0.717) is 6.42 Å². The Labute approximate surface area is 127 Å². The van der Waals surface area contributed by atoms with Gasteiger partial charge in [-0.25, -0.2) is 0 Å². The molecule has 0 fully saturated rings. The smallest absolute Gasteiger partial charge is 0.220 e. The SMILES string of the molecule is Cc1cc(C)n(CCCC(=O)NC(C)C2=CCCCC2)n1. The minimum Gasteiger partial charge on any atom is -0.350 e. The monoisotopic (exact) mass is 289 g/mol. The number of carbonyl (C=O) groups is 1. The first-order valence-corrected chi connectivity index (χ1v) is 8.05. The van der Waals surface area contributed by atoms with E-state index in [4.69, 9.17) is 0 Å². The Balaban J connectivity index is 1.72. The number of rotatable bonds is 6. The van der Waals surface area contributed by atoms with Crippen LogP contribution in [0.15, 0.2) is 17.7 Å². The number of aryl methyl sites for hydroxylation is 3. The number of amides is 1. The fourth-order valence-electron chi connectivity index (χ4n) is 2.95. The van der Waals surface area contributed by atoms with E-state index in [0.717, 1.165) is 37.2 Å². The van der Waals surface area contributed by atoms with Crippen LogP contribution in [0.1, 0.15) is 56.8 Å². The van der Waals surface area contributed by atoms with Crippen molar-refractivity contribution in [3.63, 3.8) is 0 Å². The Bertz CT molecular complexity index is 516. The number of hydrogen-bond donors (Lipinski definition) is 1. The zero-order valence-electron chi connectivity index (χ0n) is 13.5. The fourth-order valence-corrected chi connectivity index (χ4v) is 2.95. The van der Waals surface area contributed by atoms with E-state index in [1.165, 1.54) is 18.4 Å². The Morgan fingerprint density at radius 3 is 2.86 bits per heavy atom. The van der Waals surface area contributed by atoms with Gasteiger partial charge in [-0.15, -0.1) is 0 Å². The van der Waals surface area contributed by atoms with E-state index in [1.54, 1.807) is 0 Å². The average molecular weight is 289 g/mol. The predicted octanol–water partition coefficient (Wildman–Crippen LogP) is 3.29. The van der Waals surface area contributed by atoms with Crippen LogP contribution in [0.25, 0.3) is 0 Å². The van der Waals surface area contributed by atoms with Gasteiger partial charge in [-0.3, -0.25) is 9.48 Å². The topological polar surface area (TPSA) is 46.9 Å². The van der Waals surface area contributed by atoms with Crippen LogP contribution in [0.5, 0.6) is 0 Å². The van der Waals surface area contributed by atoms with E-state index in [9.17, 15) is 4.79 Å². The van der Waals surface area contributed by atoms with Crippen molar-refractivity contribution >= 4 is 5.91 Å². The molecule has 116 valence electrons. The second-order valence-electron chi connectivity index (χ2n) is 6.07. The third-order valence-corrected chi connectivity index (χ3v) is 4.14. The summed E-state index contributed by atoms with van der Waals surface area (Å²) in [5, 5.41) is 7.54. The van der Waals surface area contributed by atoms with Crippen molar-refractivity contribution in [3.05, 3.63) is 29.1 Å². The molecule has 1 aromatic heterocycles. The Morgan fingerprint density at radius 1 is 1.43 bits per heavy atom. The molecule has 0 aromatic carbocycles. The van der Waals surface area contributed by atoms with Crippen molar-refractivity contribution in [2.24, 2.45) is 0 Å². The van der Waals surface area contributed by atoms with Crippen molar-refractivity contribution in [1.82, 2.24) is 15.1 Å². The normalized spacial score (nSPS) is 16.4. The van der Waals surface area contributed by atoms with Crippen molar-refractivity contribution in [2.45, 2.75) is 71.9 Å². The van der Waals surface area contributed by atoms with Gasteiger partial charge in [0.2, 0.25) is 5.91 Å². The Hall–Kier alpha value is -1.58. The lowest BCUT2D eigenvalue weighted by Gasteiger charge is -2.20. The van der Waals surface area contributed by atoms with Crippen LogP contribution in [0, 0.1) is 13.8 Å². The molecule has 0 radical (unpaired) electrons. The molecular formula is C17H27N3O. The zero-order chi connectivity index (χ0) is 15.2. The zero-order valence-corrected chi connectivity index (χ0v) is 13.5. The van der Waals surface area contributed by atoms with E-state index in [-0.39, 0.29) is 11.9 Å². The van der Waals surface area contributed by atoms with Crippen LogP contribution in [0.3, 0.4) is 0 Å². The Morgan fingerprint density at radius 2 is 2.24 bits per heavy atom. The van der Waals surface area contributed by atoms with E-state index in [2.05, 4.69) is 36.4 Å². The second-order valence-corrected chi connectivity index (χ2v) is 6.07. The molecule has 4 heteroatoms. The molecule has 0 saturated heterocycles. The number of aromatic nitrogens is 2. The minimum atomic E-state index is 0.149. The number of nitrogens with zero attached hydrogens (tertiary/aromatic N) is 2. The number of carbonyl (C=O) groups excluding carboxylic acids is 1. The summed E-state index contributed by atoms with van der Waals surface area (Å²) in [6.45, 7) is 6.95. The van der Waals surface area contributed by atoms with Crippen molar-refractivity contribution in [1.29, 1.82) is 0 Å². The van der Waals surface area contributed by atoms with Gasteiger partial charge in [0.1, 0.15) is 0 Å². The van der Waals surface area contributed by atoms with Gasteiger partial charge in [-0.1, -0.05) is 11.6 Å². The maximum atomic E-state index is 12.0. The summed E-state index contributed by atoms with van der Waals surface area (Å²) in [7, 11) is 0. The molecule has 1 amide bonds. The first-order chi connectivity index (χ1) is 10.1. The average Bonchev–Trinajstić information content (AvgIpc) is 2.78. The number of allylic oxidation sites excluding steroid dienone is 1. The first kappa shape index (κ1) is 15.8. The highest BCUT2D eigenvalue weighted by molar-refractivity contribution is 5.76. The van der Waals surface area contributed by atoms with Crippen molar-refractivity contribution in [3.8, 4) is 0 Å². The lowest BCUT2D eigenvalue weighted by Crippen LogP contribution is -2.34. The molecule has 0 spiro atoms. The van der Waals surface area contributed by atoms with Crippen molar-refractivity contribution in [2.75, 3.05) is 0 Å². The quantitative estimate of drug-likeness (QED) is 0.817. The highest BCUT2D eigenvalue weighted by atomic mass is 16.1. The molecule has 4 nitrogen and oxygen atoms in total. The van der Waals surface area contributed by atoms with E-state index < -0.39 is 0 Å². The molecule has 1 unspecified atom stereocenters. The third-order valence-electron chi connectivity index (χ3n) is 4.14. The molecule has 1 heterocycles. The number of nitrogens with one attached hydrogen (secondary N) is 1. The van der Waals surface area contributed by atoms with Gasteiger partial charge in [0.05, 0.1) is 5.69 Å². The lowest BCUT2D eigenvalue weighted by molar-refractivity contribution is -0.121. The maximum absolute atomic E-state index is 12.0.